The van der Waals surface area contributed by atoms with Gasteiger partial charge in [-0.15, -0.1) is 11.3 Å². The summed E-state index contributed by atoms with van der Waals surface area (Å²) in [7, 11) is 3.19. The molecule has 0 bridgehead atoms. The Balaban J connectivity index is 1.21. The van der Waals surface area contributed by atoms with Crippen molar-refractivity contribution in [3.8, 4) is 33.7 Å². The Morgan fingerprint density at radius 3 is 2.72 bits per heavy atom. The van der Waals surface area contributed by atoms with Crippen molar-refractivity contribution in [1.29, 1.82) is 0 Å². The third-order valence-electron chi connectivity index (χ3n) is 10.1. The molecular formula is C38H33FN6O4S. The first-order valence-corrected chi connectivity index (χ1v) is 17.6. The maximum absolute atomic E-state index is 14.3. The second-order valence-corrected chi connectivity index (χ2v) is 13.9. The molecule has 50 heavy (non-hydrogen) atoms. The van der Waals surface area contributed by atoms with Gasteiger partial charge in [-0.3, -0.25) is 9.78 Å². The number of methoxy groups -OCH3 is 2. The number of nitrogens with one attached hydrogen (secondary N) is 1. The maximum atomic E-state index is 14.3. The highest BCUT2D eigenvalue weighted by Gasteiger charge is 2.45. The zero-order chi connectivity index (χ0) is 33.9. The van der Waals surface area contributed by atoms with Gasteiger partial charge in [-0.2, -0.15) is 4.98 Å². The molecule has 1 N–H and O–H groups in total. The summed E-state index contributed by atoms with van der Waals surface area (Å²) in [4.78, 5) is 31.7. The van der Waals surface area contributed by atoms with Crippen molar-refractivity contribution in [2.45, 2.75) is 50.6 Å². The molecule has 252 valence electrons. The van der Waals surface area contributed by atoms with E-state index >= 15 is 0 Å². The van der Waals surface area contributed by atoms with Crippen LogP contribution in [-0.2, 0) is 19.3 Å². The molecule has 1 saturated heterocycles. The molecule has 9 rings (SSSR count). The summed E-state index contributed by atoms with van der Waals surface area (Å²) in [5, 5.41) is 8.77. The van der Waals surface area contributed by atoms with Crippen LogP contribution in [0.5, 0.6) is 11.8 Å². The Hall–Kier alpha value is -5.36. The highest BCUT2D eigenvalue weighted by molar-refractivity contribution is 7.23. The number of fused-ring (bicyclic) bond motifs is 5. The molecule has 1 amide bonds. The van der Waals surface area contributed by atoms with Crippen LogP contribution in [0.3, 0.4) is 0 Å². The topological polar surface area (TPSA) is 116 Å². The molecule has 6 aromatic rings. The van der Waals surface area contributed by atoms with Crippen molar-refractivity contribution in [2.75, 3.05) is 26.1 Å². The zero-order valence-corrected chi connectivity index (χ0v) is 28.3. The summed E-state index contributed by atoms with van der Waals surface area (Å²) in [5.74, 6) is 1.61. The number of carbonyl (C=O) groups is 1. The van der Waals surface area contributed by atoms with E-state index in [1.54, 1.807) is 30.6 Å². The van der Waals surface area contributed by atoms with Crippen LogP contribution in [0.1, 0.15) is 69.8 Å². The SMILES string of the molecule is COc1noc(-c2c(CCc3ccc(F)cc3)nc3c(c2-c2cc4ccnc(N[C@H]5CCc6c(OC)cccc65)c4s2)C(=O)N2CCC[C@H]32)n1. The monoisotopic (exact) mass is 688 g/mol. The average Bonchev–Trinajstić information content (AvgIpc) is 3.98. The van der Waals surface area contributed by atoms with Crippen molar-refractivity contribution in [1.82, 2.24) is 25.0 Å². The average molecular weight is 689 g/mol. The fraction of sp³-hybridized carbons (Fsp3) is 0.289. The molecule has 1 fully saturated rings. The van der Waals surface area contributed by atoms with E-state index in [9.17, 15) is 9.18 Å². The molecule has 0 radical (unpaired) electrons. The Kier molecular flexibility index (Phi) is 7.49. The number of pyridine rings is 2. The van der Waals surface area contributed by atoms with Crippen molar-refractivity contribution in [3.05, 3.63) is 100 Å². The fourth-order valence-electron chi connectivity index (χ4n) is 7.83. The van der Waals surface area contributed by atoms with E-state index in [4.69, 9.17) is 24.0 Å². The molecule has 0 spiro atoms. The van der Waals surface area contributed by atoms with Crippen molar-refractivity contribution in [3.63, 3.8) is 0 Å². The first-order chi connectivity index (χ1) is 24.5. The number of aromatic nitrogens is 4. The Morgan fingerprint density at radius 2 is 1.90 bits per heavy atom. The van der Waals surface area contributed by atoms with Gasteiger partial charge in [0.05, 0.1) is 53.5 Å². The predicted octanol–water partition coefficient (Wildman–Crippen LogP) is 7.74. The van der Waals surface area contributed by atoms with Crippen LogP contribution < -0.4 is 14.8 Å². The maximum Gasteiger partial charge on any atom is 0.354 e. The van der Waals surface area contributed by atoms with E-state index in [2.05, 4.69) is 27.6 Å². The normalized spacial score (nSPS) is 17.7. The number of aryl methyl sites for hydroxylation is 2. The van der Waals surface area contributed by atoms with E-state index in [0.717, 1.165) is 74.7 Å². The standard InChI is InChI=1S/C38H33FN6O4S/c1-47-28-7-3-5-23-24(28)13-15-25(23)42-35-34-21(16-17-40-35)19-29(50-34)31-30(36-43-38(48-2)44-49-36)26(14-10-20-8-11-22(39)12-9-20)41-33-27-6-4-18-45(27)37(46)32(31)33/h3,5,7-9,11-12,16-17,19,25,27H,4,6,10,13-15,18H2,1-2H3,(H,40,42)/t25-,27+/m0/s1. The number of halogens is 1. The van der Waals surface area contributed by atoms with Gasteiger partial charge in [0.15, 0.2) is 0 Å². The Bertz CT molecular complexity index is 2290. The Morgan fingerprint density at radius 1 is 1.02 bits per heavy atom. The molecule has 2 atom stereocenters. The highest BCUT2D eigenvalue weighted by atomic mass is 32.1. The molecule has 10 nitrogen and oxygen atoms in total. The summed E-state index contributed by atoms with van der Waals surface area (Å²) >= 11 is 1.58. The lowest BCUT2D eigenvalue weighted by Crippen LogP contribution is -2.22. The van der Waals surface area contributed by atoms with Gasteiger partial charge in [0.2, 0.25) is 0 Å². The number of carbonyl (C=O) groups excluding carboxylic acids is 1. The minimum atomic E-state index is -0.282. The fourth-order valence-corrected chi connectivity index (χ4v) is 9.00. The molecule has 2 aromatic carbocycles. The number of nitrogens with zero attached hydrogens (tertiary/aromatic N) is 5. The van der Waals surface area contributed by atoms with Crippen LogP contribution in [0.2, 0.25) is 0 Å². The number of hydrogen-bond acceptors (Lipinski definition) is 10. The molecule has 6 heterocycles. The van der Waals surface area contributed by atoms with E-state index in [1.165, 1.54) is 30.4 Å². The molecule has 3 aliphatic rings. The quantitative estimate of drug-likeness (QED) is 0.163. The van der Waals surface area contributed by atoms with Gasteiger partial charge in [0.25, 0.3) is 11.8 Å². The lowest BCUT2D eigenvalue weighted by molar-refractivity contribution is 0.0776. The van der Waals surface area contributed by atoms with Gasteiger partial charge in [0, 0.05) is 23.2 Å². The zero-order valence-electron chi connectivity index (χ0n) is 27.5. The van der Waals surface area contributed by atoms with E-state index in [0.29, 0.717) is 30.5 Å². The van der Waals surface area contributed by atoms with Gasteiger partial charge >= 0.3 is 6.01 Å². The second kappa shape index (κ2) is 12.2. The van der Waals surface area contributed by atoms with Gasteiger partial charge in [-0.05, 0) is 96.1 Å². The number of amides is 1. The van der Waals surface area contributed by atoms with Crippen LogP contribution in [0.15, 0.2) is 65.3 Å². The summed E-state index contributed by atoms with van der Waals surface area (Å²) in [6.07, 6.45) is 6.56. The van der Waals surface area contributed by atoms with E-state index < -0.39 is 0 Å². The summed E-state index contributed by atoms with van der Waals surface area (Å²) in [6.45, 7) is 0.686. The van der Waals surface area contributed by atoms with Gasteiger partial charge in [0.1, 0.15) is 17.4 Å². The summed E-state index contributed by atoms with van der Waals surface area (Å²) in [6, 6.07) is 16.9. The van der Waals surface area contributed by atoms with Crippen molar-refractivity contribution < 1.29 is 23.2 Å². The van der Waals surface area contributed by atoms with Gasteiger partial charge in [-0.25, -0.2) is 9.37 Å². The highest BCUT2D eigenvalue weighted by Crippen LogP contribution is 2.51. The predicted molar refractivity (Wildman–Crippen MR) is 187 cm³/mol. The first-order valence-electron chi connectivity index (χ1n) is 16.8. The number of anilines is 1. The van der Waals surface area contributed by atoms with Crippen LogP contribution in [0, 0.1) is 5.82 Å². The van der Waals surface area contributed by atoms with E-state index in [-0.39, 0.29) is 35.7 Å². The van der Waals surface area contributed by atoms with Crippen LogP contribution in [0.25, 0.3) is 32.0 Å². The third-order valence-corrected chi connectivity index (χ3v) is 11.3. The number of thiophene rings is 1. The largest absolute Gasteiger partial charge is 0.496 e. The lowest BCUT2D eigenvalue weighted by atomic mass is 9.93. The smallest absolute Gasteiger partial charge is 0.354 e. The minimum absolute atomic E-state index is 0.0340. The van der Waals surface area contributed by atoms with Gasteiger partial charge in [-0.1, -0.05) is 24.3 Å². The lowest BCUT2D eigenvalue weighted by Gasteiger charge is -2.16. The number of hydrogen-bond donors (Lipinski definition) is 1. The molecule has 1 aliphatic carbocycles. The summed E-state index contributed by atoms with van der Waals surface area (Å²) in [5.41, 5.74) is 6.87. The number of ether oxygens (including phenoxy) is 2. The van der Waals surface area contributed by atoms with Crippen molar-refractivity contribution in [2.24, 2.45) is 0 Å². The Labute approximate surface area is 291 Å². The van der Waals surface area contributed by atoms with Crippen LogP contribution >= 0.6 is 11.3 Å². The molecule has 2 aliphatic heterocycles. The summed E-state index contributed by atoms with van der Waals surface area (Å²) < 4.78 is 31.5. The number of rotatable bonds is 9. The van der Waals surface area contributed by atoms with E-state index in [1.807, 2.05) is 29.3 Å². The molecule has 4 aromatic heterocycles. The second-order valence-electron chi connectivity index (χ2n) is 12.9. The molecule has 0 saturated carbocycles. The number of benzene rings is 2. The van der Waals surface area contributed by atoms with Crippen LogP contribution in [-0.4, -0.2) is 51.7 Å². The minimum Gasteiger partial charge on any atom is -0.496 e. The molecule has 0 unspecified atom stereocenters. The van der Waals surface area contributed by atoms with Gasteiger partial charge < -0.3 is 24.2 Å². The van der Waals surface area contributed by atoms with Crippen molar-refractivity contribution >= 4 is 33.1 Å². The third kappa shape index (κ3) is 5.00. The molecule has 12 heteroatoms. The first kappa shape index (κ1) is 30.7. The van der Waals surface area contributed by atoms with Crippen LogP contribution in [0.4, 0.5) is 10.2 Å². The molecular weight excluding hydrogens is 656 g/mol.